The number of hydrogen-bond acceptors (Lipinski definition) is 20. The summed E-state index contributed by atoms with van der Waals surface area (Å²) in [6.45, 7) is 9.48. The van der Waals surface area contributed by atoms with Crippen LogP contribution in [0, 0.1) is 51.8 Å². The van der Waals surface area contributed by atoms with E-state index in [-0.39, 0.29) is 64.6 Å². The lowest BCUT2D eigenvalue weighted by atomic mass is 9.43. The number of amides is 2. The summed E-state index contributed by atoms with van der Waals surface area (Å²) < 4.78 is 62.8. The smallest absolute Gasteiger partial charge is 0.393 e. The molecule has 30 heteroatoms. The van der Waals surface area contributed by atoms with Crippen LogP contribution in [-0.2, 0) is 50.7 Å². The van der Waals surface area contributed by atoms with Crippen molar-refractivity contribution < 1.29 is 90.7 Å². The molecule has 0 spiro atoms. The molecule has 0 aromatic carbocycles. The molecular weight excluding hydrogens is 1100 g/mol. The molecule has 4 aliphatic carbocycles. The lowest BCUT2D eigenvalue weighted by Gasteiger charge is -2.62. The number of anilines is 1. The minimum absolute atomic E-state index is 0.0280. The highest BCUT2D eigenvalue weighted by Crippen LogP contribution is 2.68. The first-order valence-corrected chi connectivity index (χ1v) is 32.0. The number of nitrogens with zero attached hydrogens (tertiary/aromatic N) is 4. The molecule has 0 bridgehead atoms. The van der Waals surface area contributed by atoms with Gasteiger partial charge in [-0.05, 0) is 123 Å². The van der Waals surface area contributed by atoms with Crippen LogP contribution in [-0.4, -0.2) is 145 Å². The molecule has 0 radical (unpaired) electrons. The van der Waals surface area contributed by atoms with Gasteiger partial charge in [0.05, 0.1) is 31.7 Å². The molecule has 78 heavy (non-hydrogen) atoms. The van der Waals surface area contributed by atoms with Crippen LogP contribution in [0.15, 0.2) is 24.3 Å². The number of thioether (sulfide) groups is 1. The van der Waals surface area contributed by atoms with Crippen LogP contribution in [0.2, 0.25) is 0 Å². The molecule has 2 aromatic heterocycles. The molecule has 2 aromatic rings. The van der Waals surface area contributed by atoms with Gasteiger partial charge in [-0.1, -0.05) is 52.5 Å². The fourth-order valence-corrected chi connectivity index (χ4v) is 16.9. The number of nitrogens with one attached hydrogen (secondary N) is 2. The van der Waals surface area contributed by atoms with Crippen molar-refractivity contribution in [2.75, 3.05) is 37.8 Å². The third-order valence-electron chi connectivity index (χ3n) is 17.5. The van der Waals surface area contributed by atoms with Crippen LogP contribution in [0.4, 0.5) is 5.82 Å². The second-order valence-electron chi connectivity index (χ2n) is 23.1. The van der Waals surface area contributed by atoms with E-state index in [9.17, 15) is 68.1 Å². The number of nitrogens with two attached hydrogens (primary N) is 1. The average Bonchev–Trinajstić information content (AvgIpc) is 4.21. The maximum Gasteiger partial charge on any atom is 0.481 e. The van der Waals surface area contributed by atoms with Crippen molar-refractivity contribution in [1.29, 1.82) is 0 Å². The Labute approximate surface area is 457 Å². The van der Waals surface area contributed by atoms with Crippen molar-refractivity contribution in [3.8, 4) is 0 Å². The predicted molar refractivity (Wildman–Crippen MR) is 282 cm³/mol. The van der Waals surface area contributed by atoms with Crippen molar-refractivity contribution in [3.05, 3.63) is 24.3 Å². The van der Waals surface area contributed by atoms with E-state index in [1.807, 2.05) is 6.08 Å². The summed E-state index contributed by atoms with van der Waals surface area (Å²) in [4.78, 5) is 89.8. The van der Waals surface area contributed by atoms with Crippen LogP contribution in [0.1, 0.15) is 118 Å². The fraction of sp³-hybridized carbons (Fsp3) is 0.792. The topological polar surface area (TPSA) is 404 Å². The number of aliphatic hydroxyl groups is 4. The molecule has 1 saturated heterocycles. The van der Waals surface area contributed by atoms with Gasteiger partial charge < -0.3 is 61.1 Å². The molecule has 440 valence electrons. The van der Waals surface area contributed by atoms with E-state index < -0.39 is 84.6 Å². The number of fused-ring (bicyclic) bond motifs is 6. The summed E-state index contributed by atoms with van der Waals surface area (Å²) >= 11 is 1.09. The first-order valence-electron chi connectivity index (χ1n) is 26.5. The SMILES string of the molecule is CC(=CCC[C@@H](C)[C@H]1CC[C@H]2[C@@H]3[C@H](O)C[C@@H]4C[C@H](O)CC[C@]4(C)[C@H]3CC[C@]12C)C(=O)SCCNC(=O)CCNC(=O)[C@H](O)C(C)(C)COP(=O)(O)OP(=O)(O)OC[C@H]1O[C@@H](n2cnc3c(N)ncnc32)[C@H](O)[C@@H]1OP(=O)(O)O. The number of phosphoric ester groups is 3. The molecule has 5 aliphatic rings. The minimum Gasteiger partial charge on any atom is -0.393 e. The zero-order valence-corrected chi connectivity index (χ0v) is 48.2. The van der Waals surface area contributed by atoms with Gasteiger partial charge in [-0.3, -0.25) is 32.5 Å². The van der Waals surface area contributed by atoms with Gasteiger partial charge in [-0.2, -0.15) is 4.31 Å². The quantitative estimate of drug-likeness (QED) is 0.0402. The predicted octanol–water partition coefficient (Wildman–Crippen LogP) is 4.02. The van der Waals surface area contributed by atoms with E-state index in [0.29, 0.717) is 46.8 Å². The highest BCUT2D eigenvalue weighted by Gasteiger charge is 2.63. The Morgan fingerprint density at radius 3 is 2.37 bits per heavy atom. The summed E-state index contributed by atoms with van der Waals surface area (Å²) in [6, 6.07) is 0. The second kappa shape index (κ2) is 25.0. The molecule has 2 unspecified atom stereocenters. The zero-order valence-electron chi connectivity index (χ0n) is 44.7. The summed E-state index contributed by atoms with van der Waals surface area (Å²) in [5, 5.41) is 48.7. The monoisotopic (exact) mass is 1180 g/mol. The van der Waals surface area contributed by atoms with Crippen LogP contribution < -0.4 is 16.4 Å². The number of nitrogen functional groups attached to an aromatic ring is 1. The normalized spacial score (nSPS) is 33.7. The van der Waals surface area contributed by atoms with Crippen LogP contribution >= 0.6 is 35.2 Å². The molecule has 3 heterocycles. The maximum atomic E-state index is 13.0. The van der Waals surface area contributed by atoms with Gasteiger partial charge in [-0.15, -0.1) is 0 Å². The van der Waals surface area contributed by atoms with Crippen molar-refractivity contribution in [2.45, 2.75) is 155 Å². The first-order chi connectivity index (χ1) is 36.4. The van der Waals surface area contributed by atoms with E-state index in [4.69, 9.17) is 19.5 Å². The molecule has 12 N–H and O–H groups in total. The largest absolute Gasteiger partial charge is 0.481 e. The lowest BCUT2D eigenvalue weighted by Crippen LogP contribution is -2.58. The number of aliphatic hydroxyl groups excluding tert-OH is 4. The lowest BCUT2D eigenvalue weighted by molar-refractivity contribution is -0.174. The fourth-order valence-electron chi connectivity index (χ4n) is 13.4. The zero-order chi connectivity index (χ0) is 57.3. The first kappa shape index (κ1) is 62.8. The number of rotatable bonds is 24. The standard InChI is InChI=1S/C48H78N7O19P3S/c1-26(30-10-11-31-36-32(13-16-48(30,31)6)47(5)15-12-29(56)20-28(47)21-33(36)57)8-7-9-27(2)45(62)78-19-18-50-35(58)14-17-51-43(61)40(60)46(3,4)23-71-77(68,69)74-76(66,67)70-22-34-39(73-75(63,64)65)38(59)44(72-34)55-25-54-37-41(49)52-24-53-42(37)55/h9,24-26,28-34,36,38-40,44,56-57,59-60H,7-8,10-23H2,1-6H3,(H,50,58)(H,51,61)(H,66,67)(H,68,69)(H2,49,52,53)(H2,63,64,65)/t26-,28+,29-,30-,31+,32+,33-,34-,36+,38-,39-,40+,44-,47+,48-/m1/s1. The third-order valence-corrected chi connectivity index (χ3v) is 21.6. The molecule has 7 rings (SSSR count). The number of phosphoric acid groups is 3. The third kappa shape index (κ3) is 14.5. The molecule has 26 nitrogen and oxygen atoms in total. The van der Waals surface area contributed by atoms with E-state index in [0.717, 1.165) is 86.8 Å². The number of aromatic nitrogens is 4. The Hall–Kier alpha value is -2.78. The van der Waals surface area contributed by atoms with Crippen LogP contribution in [0.25, 0.3) is 11.2 Å². The van der Waals surface area contributed by atoms with Crippen molar-refractivity contribution in [3.63, 3.8) is 0 Å². The van der Waals surface area contributed by atoms with E-state index >= 15 is 0 Å². The van der Waals surface area contributed by atoms with Gasteiger partial charge in [0.15, 0.2) is 17.7 Å². The van der Waals surface area contributed by atoms with E-state index in [1.54, 1.807) is 6.92 Å². The number of ether oxygens (including phenoxy) is 1. The van der Waals surface area contributed by atoms with Crippen molar-refractivity contribution in [2.24, 2.45) is 51.8 Å². The van der Waals surface area contributed by atoms with Crippen LogP contribution in [0.3, 0.4) is 0 Å². The van der Waals surface area contributed by atoms with Gasteiger partial charge >= 0.3 is 23.5 Å². The van der Waals surface area contributed by atoms with Crippen LogP contribution in [0.5, 0.6) is 0 Å². The number of carbonyl (C=O) groups is 3. The Morgan fingerprint density at radius 2 is 1.65 bits per heavy atom. The molecular formula is C48H78N7O19P3S. The summed E-state index contributed by atoms with van der Waals surface area (Å²) in [6.07, 6.45) is 4.28. The number of allylic oxidation sites excluding steroid dienone is 1. The average molecular weight is 1180 g/mol. The van der Waals surface area contributed by atoms with Crippen molar-refractivity contribution >= 4 is 69.1 Å². The molecule has 4 saturated carbocycles. The number of carbonyl (C=O) groups excluding carboxylic acids is 3. The molecule has 2 amide bonds. The maximum absolute atomic E-state index is 13.0. The Morgan fingerprint density at radius 1 is 0.962 bits per heavy atom. The number of hydrogen-bond donors (Lipinski definition) is 11. The molecule has 1 aliphatic heterocycles. The second-order valence-corrected chi connectivity index (χ2v) is 28.4. The highest BCUT2D eigenvalue weighted by molar-refractivity contribution is 8.14. The Balaban J connectivity index is 0.775. The minimum atomic E-state index is -5.60. The Bertz CT molecular complexity index is 2660. The van der Waals surface area contributed by atoms with Gasteiger partial charge in [0.1, 0.15) is 36.3 Å². The van der Waals surface area contributed by atoms with Gasteiger partial charge in [0.2, 0.25) is 16.9 Å². The van der Waals surface area contributed by atoms with Gasteiger partial charge in [0.25, 0.3) is 0 Å². The molecule has 5 fully saturated rings. The van der Waals surface area contributed by atoms with Gasteiger partial charge in [0, 0.05) is 30.7 Å². The van der Waals surface area contributed by atoms with Gasteiger partial charge in [-0.25, -0.2) is 28.6 Å². The summed E-state index contributed by atoms with van der Waals surface area (Å²) in [7, 11) is -16.5. The summed E-state index contributed by atoms with van der Waals surface area (Å²) in [5.74, 6) is 1.56. The molecule has 17 atom stereocenters. The van der Waals surface area contributed by atoms with Crippen molar-refractivity contribution in [1.82, 2.24) is 30.2 Å². The highest BCUT2D eigenvalue weighted by atomic mass is 32.2. The van der Waals surface area contributed by atoms with E-state index in [1.165, 1.54) is 20.3 Å². The Kier molecular flexibility index (Phi) is 20.1. The summed E-state index contributed by atoms with van der Waals surface area (Å²) in [5.41, 5.74) is 5.28. The number of imidazole rings is 1. The van der Waals surface area contributed by atoms with E-state index in [2.05, 4.69) is 55.2 Å².